The summed E-state index contributed by atoms with van der Waals surface area (Å²) < 4.78 is 0. The van der Waals surface area contributed by atoms with Gasteiger partial charge >= 0.3 is 0 Å². The van der Waals surface area contributed by atoms with Crippen LogP contribution in [0.1, 0.15) is 4.88 Å². The van der Waals surface area contributed by atoms with Crippen molar-refractivity contribution in [2.75, 3.05) is 81.6 Å². The first-order chi connectivity index (χ1) is 13.1. The highest BCUT2D eigenvalue weighted by molar-refractivity contribution is 7.15. The molecule has 2 aromatic rings. The largest absolute Gasteiger partial charge is 0.338 e. The molecule has 2 aliphatic rings. The molecule has 9 nitrogen and oxygen atoms in total. The van der Waals surface area contributed by atoms with Gasteiger partial charge in [0.2, 0.25) is 17.8 Å². The van der Waals surface area contributed by atoms with Crippen LogP contribution in [0.4, 0.5) is 23.0 Å². The lowest BCUT2D eigenvalue weighted by Crippen LogP contribution is -2.46. The smallest absolute Gasteiger partial charge is 0.235 e. The molecule has 0 radical (unpaired) electrons. The fourth-order valence-corrected chi connectivity index (χ4v) is 3.87. The SMILES string of the molecule is Cc1cnc(Nc2nc(N3CCN(C)CC3)nc(N3CCN(C)CC3)n2)s1. The zero-order valence-corrected chi connectivity index (χ0v) is 17.0. The van der Waals surface area contributed by atoms with Gasteiger partial charge in [0.15, 0.2) is 5.13 Å². The Hall–Kier alpha value is -2.04. The predicted molar refractivity (Wildman–Crippen MR) is 109 cm³/mol. The minimum absolute atomic E-state index is 0.571. The molecule has 146 valence electrons. The highest BCUT2D eigenvalue weighted by atomic mass is 32.1. The molecule has 2 saturated heterocycles. The van der Waals surface area contributed by atoms with Crippen LogP contribution in [0.3, 0.4) is 0 Å². The Balaban J connectivity index is 1.61. The lowest BCUT2D eigenvalue weighted by Gasteiger charge is -2.34. The van der Waals surface area contributed by atoms with Crippen molar-refractivity contribution in [3.8, 4) is 0 Å². The fourth-order valence-electron chi connectivity index (χ4n) is 3.21. The molecule has 4 rings (SSSR count). The van der Waals surface area contributed by atoms with Gasteiger partial charge in [0.1, 0.15) is 0 Å². The van der Waals surface area contributed by atoms with Crippen molar-refractivity contribution in [1.82, 2.24) is 29.7 Å². The summed E-state index contributed by atoms with van der Waals surface area (Å²) in [4.78, 5) is 28.9. The number of likely N-dealkylation sites (N-methyl/N-ethyl adjacent to an activating group) is 2. The van der Waals surface area contributed by atoms with Crippen LogP contribution in [0.25, 0.3) is 0 Å². The lowest BCUT2D eigenvalue weighted by molar-refractivity contribution is 0.309. The summed E-state index contributed by atoms with van der Waals surface area (Å²) in [5.41, 5.74) is 0. The number of nitrogens with one attached hydrogen (secondary N) is 1. The number of hydrogen-bond donors (Lipinski definition) is 1. The van der Waals surface area contributed by atoms with Gasteiger partial charge < -0.3 is 19.6 Å². The summed E-state index contributed by atoms with van der Waals surface area (Å²) in [5.74, 6) is 2.08. The van der Waals surface area contributed by atoms with Gasteiger partial charge in [-0.25, -0.2) is 4.98 Å². The maximum Gasteiger partial charge on any atom is 0.235 e. The van der Waals surface area contributed by atoms with E-state index in [9.17, 15) is 0 Å². The third-order valence-corrected chi connectivity index (χ3v) is 5.85. The van der Waals surface area contributed by atoms with Gasteiger partial charge in [0.25, 0.3) is 0 Å². The van der Waals surface area contributed by atoms with Gasteiger partial charge in [-0.15, -0.1) is 11.3 Å². The van der Waals surface area contributed by atoms with E-state index in [1.165, 1.54) is 0 Å². The second kappa shape index (κ2) is 7.91. The van der Waals surface area contributed by atoms with E-state index in [-0.39, 0.29) is 0 Å². The van der Waals surface area contributed by atoms with Crippen molar-refractivity contribution in [3.05, 3.63) is 11.1 Å². The van der Waals surface area contributed by atoms with E-state index in [2.05, 4.69) is 44.0 Å². The van der Waals surface area contributed by atoms with Gasteiger partial charge in [0, 0.05) is 63.4 Å². The van der Waals surface area contributed by atoms with Gasteiger partial charge in [0.05, 0.1) is 0 Å². The maximum absolute atomic E-state index is 4.81. The molecule has 0 aliphatic carbocycles. The minimum atomic E-state index is 0.571. The molecule has 0 saturated carbocycles. The summed E-state index contributed by atoms with van der Waals surface area (Å²) in [6, 6.07) is 0. The Morgan fingerprint density at radius 2 is 1.33 bits per heavy atom. The second-order valence-corrected chi connectivity index (χ2v) is 8.48. The van der Waals surface area contributed by atoms with Crippen LogP contribution in [0.5, 0.6) is 0 Å². The van der Waals surface area contributed by atoms with Crippen molar-refractivity contribution >= 4 is 34.3 Å². The number of hydrogen-bond acceptors (Lipinski definition) is 10. The molecule has 2 fully saturated rings. The summed E-state index contributed by atoms with van der Waals surface area (Å²) in [5, 5.41) is 4.08. The van der Waals surface area contributed by atoms with Crippen molar-refractivity contribution in [2.45, 2.75) is 6.92 Å². The van der Waals surface area contributed by atoms with Gasteiger partial charge in [-0.05, 0) is 21.0 Å². The van der Waals surface area contributed by atoms with Crippen molar-refractivity contribution in [2.24, 2.45) is 0 Å². The number of nitrogens with zero attached hydrogens (tertiary/aromatic N) is 8. The minimum Gasteiger partial charge on any atom is -0.338 e. The molecule has 0 aromatic carbocycles. The molecule has 0 amide bonds. The molecule has 4 heterocycles. The Morgan fingerprint density at radius 1 is 0.815 bits per heavy atom. The second-order valence-electron chi connectivity index (χ2n) is 7.24. The van der Waals surface area contributed by atoms with Crippen LogP contribution in [-0.2, 0) is 0 Å². The topological polar surface area (TPSA) is 76.6 Å². The highest BCUT2D eigenvalue weighted by Crippen LogP contribution is 2.23. The van der Waals surface area contributed by atoms with Gasteiger partial charge in [-0.3, -0.25) is 5.32 Å². The van der Waals surface area contributed by atoms with Crippen LogP contribution in [0.15, 0.2) is 6.20 Å². The van der Waals surface area contributed by atoms with E-state index in [1.807, 2.05) is 13.1 Å². The van der Waals surface area contributed by atoms with E-state index in [0.29, 0.717) is 5.95 Å². The lowest BCUT2D eigenvalue weighted by atomic mass is 10.3. The molecule has 0 atom stereocenters. The number of aromatic nitrogens is 4. The van der Waals surface area contributed by atoms with Crippen LogP contribution in [0.2, 0.25) is 0 Å². The Bertz CT molecular complexity index is 723. The molecular weight excluding hydrogens is 362 g/mol. The van der Waals surface area contributed by atoms with Crippen LogP contribution in [-0.4, -0.2) is 96.2 Å². The first kappa shape index (κ1) is 18.3. The number of thiazole rings is 1. The molecule has 1 N–H and O–H groups in total. The first-order valence-electron chi connectivity index (χ1n) is 9.39. The monoisotopic (exact) mass is 389 g/mol. The standard InChI is InChI=1S/C17H27N9S/c1-13-12-18-17(27-13)21-14-19-15(25-8-4-23(2)5-9-25)22-16(20-14)26-10-6-24(3)7-11-26/h12H,4-11H2,1-3H3,(H,18,19,20,21,22). The average molecular weight is 390 g/mol. The van der Waals surface area contributed by atoms with E-state index >= 15 is 0 Å². The summed E-state index contributed by atoms with van der Waals surface area (Å²) in [6.45, 7) is 9.83. The van der Waals surface area contributed by atoms with E-state index in [0.717, 1.165) is 74.3 Å². The third-order valence-electron chi connectivity index (χ3n) is 5.02. The third kappa shape index (κ3) is 4.45. The van der Waals surface area contributed by atoms with Crippen LogP contribution >= 0.6 is 11.3 Å². The molecule has 0 unspecified atom stereocenters. The molecule has 27 heavy (non-hydrogen) atoms. The van der Waals surface area contributed by atoms with Crippen molar-refractivity contribution < 1.29 is 0 Å². The molecule has 2 aromatic heterocycles. The molecule has 2 aliphatic heterocycles. The predicted octanol–water partition coefficient (Wildman–Crippen LogP) is 0.884. The van der Waals surface area contributed by atoms with Crippen LogP contribution in [0, 0.1) is 6.92 Å². The van der Waals surface area contributed by atoms with E-state index < -0.39 is 0 Å². The normalized spacial score (nSPS) is 19.5. The van der Waals surface area contributed by atoms with E-state index in [1.54, 1.807) is 11.3 Å². The summed E-state index contributed by atoms with van der Waals surface area (Å²) in [6.07, 6.45) is 1.86. The number of piperazine rings is 2. The van der Waals surface area contributed by atoms with Crippen molar-refractivity contribution in [1.29, 1.82) is 0 Å². The maximum atomic E-state index is 4.81. The summed E-state index contributed by atoms with van der Waals surface area (Å²) in [7, 11) is 4.30. The zero-order valence-electron chi connectivity index (χ0n) is 16.2. The van der Waals surface area contributed by atoms with Crippen molar-refractivity contribution in [3.63, 3.8) is 0 Å². The van der Waals surface area contributed by atoms with Crippen LogP contribution < -0.4 is 15.1 Å². The fraction of sp³-hybridized carbons (Fsp3) is 0.647. The zero-order chi connectivity index (χ0) is 18.8. The quantitative estimate of drug-likeness (QED) is 0.820. The molecule has 0 spiro atoms. The number of rotatable bonds is 4. The van der Waals surface area contributed by atoms with Gasteiger partial charge in [-0.1, -0.05) is 0 Å². The number of aryl methyl sites for hydroxylation is 1. The summed E-state index contributed by atoms with van der Waals surface area (Å²) >= 11 is 1.60. The average Bonchev–Trinajstić information content (AvgIpc) is 3.07. The molecular formula is C17H27N9S. The molecule has 0 bridgehead atoms. The number of anilines is 4. The van der Waals surface area contributed by atoms with Gasteiger partial charge in [-0.2, -0.15) is 15.0 Å². The Morgan fingerprint density at radius 3 is 1.78 bits per heavy atom. The Kier molecular flexibility index (Phi) is 5.37. The Labute approximate surface area is 164 Å². The highest BCUT2D eigenvalue weighted by Gasteiger charge is 2.22. The molecule has 10 heteroatoms. The van der Waals surface area contributed by atoms with E-state index in [4.69, 9.17) is 15.0 Å². The first-order valence-corrected chi connectivity index (χ1v) is 10.2.